The lowest BCUT2D eigenvalue weighted by atomic mass is 10.0. The van der Waals surface area contributed by atoms with E-state index in [2.05, 4.69) is 0 Å². The summed E-state index contributed by atoms with van der Waals surface area (Å²) >= 11 is 0. The summed E-state index contributed by atoms with van der Waals surface area (Å²) in [4.78, 5) is 0. The van der Waals surface area contributed by atoms with Crippen LogP contribution in [0.15, 0.2) is 0 Å². The summed E-state index contributed by atoms with van der Waals surface area (Å²) in [7, 11) is 0. The summed E-state index contributed by atoms with van der Waals surface area (Å²) in [5.41, 5.74) is 6.24. The van der Waals surface area contributed by atoms with Crippen LogP contribution in [0.2, 0.25) is 0 Å². The summed E-state index contributed by atoms with van der Waals surface area (Å²) in [6.45, 7) is 0.803. The highest BCUT2D eigenvalue weighted by molar-refractivity contribution is 4.89. The summed E-state index contributed by atoms with van der Waals surface area (Å²) in [6, 6.07) is 0. The van der Waals surface area contributed by atoms with Crippen molar-refractivity contribution in [3.05, 3.63) is 0 Å². The van der Waals surface area contributed by atoms with Crippen LogP contribution in [0.25, 0.3) is 0 Å². The van der Waals surface area contributed by atoms with Gasteiger partial charge < -0.3 is 10.5 Å². The quantitative estimate of drug-likeness (QED) is 0.728. The maximum absolute atomic E-state index is 6.21. The first kappa shape index (κ1) is 9.47. The largest absolute Gasteiger partial charge is 0.376 e. The molecule has 0 bridgehead atoms. The number of rotatable bonds is 3. The van der Waals surface area contributed by atoms with Crippen molar-refractivity contribution in [2.24, 2.45) is 5.73 Å². The zero-order valence-corrected chi connectivity index (χ0v) is 8.43. The zero-order valence-electron chi connectivity index (χ0n) is 8.43. The molecule has 0 aromatic carbocycles. The maximum Gasteiger partial charge on any atom is 0.0649 e. The molecule has 2 aliphatic rings. The Morgan fingerprint density at radius 3 is 2.31 bits per heavy atom. The van der Waals surface area contributed by atoms with Gasteiger partial charge in [0.05, 0.1) is 12.7 Å². The second kappa shape index (κ2) is 3.97. The van der Waals surface area contributed by atoms with Gasteiger partial charge in [0.2, 0.25) is 0 Å². The molecule has 0 spiro atoms. The van der Waals surface area contributed by atoms with Crippen LogP contribution in [-0.4, -0.2) is 18.2 Å². The van der Waals surface area contributed by atoms with Crippen molar-refractivity contribution >= 4 is 0 Å². The van der Waals surface area contributed by atoms with E-state index in [0.29, 0.717) is 6.10 Å². The van der Waals surface area contributed by atoms with Gasteiger partial charge in [0.15, 0.2) is 0 Å². The second-order valence-electron chi connectivity index (χ2n) is 4.79. The Hall–Kier alpha value is -0.0800. The minimum atomic E-state index is 0.0303. The SMILES string of the molecule is NC1(COC2CCCC2)CCCC1. The summed E-state index contributed by atoms with van der Waals surface area (Å²) < 4.78 is 5.86. The lowest BCUT2D eigenvalue weighted by molar-refractivity contribution is 0.0251. The van der Waals surface area contributed by atoms with E-state index in [-0.39, 0.29) is 5.54 Å². The molecule has 0 amide bonds. The van der Waals surface area contributed by atoms with Gasteiger partial charge in [-0.05, 0) is 25.7 Å². The van der Waals surface area contributed by atoms with Gasteiger partial charge in [-0.15, -0.1) is 0 Å². The van der Waals surface area contributed by atoms with Gasteiger partial charge >= 0.3 is 0 Å². The molecular weight excluding hydrogens is 162 g/mol. The molecule has 2 fully saturated rings. The molecule has 2 saturated carbocycles. The third-order valence-electron chi connectivity index (χ3n) is 3.51. The Kier molecular flexibility index (Phi) is 2.89. The van der Waals surface area contributed by atoms with E-state index in [1.54, 1.807) is 0 Å². The van der Waals surface area contributed by atoms with E-state index < -0.39 is 0 Å². The molecule has 0 aliphatic heterocycles. The minimum absolute atomic E-state index is 0.0303. The average molecular weight is 183 g/mol. The van der Waals surface area contributed by atoms with Gasteiger partial charge in [0.25, 0.3) is 0 Å². The van der Waals surface area contributed by atoms with Crippen LogP contribution in [0.5, 0.6) is 0 Å². The molecule has 0 unspecified atom stereocenters. The average Bonchev–Trinajstić information content (AvgIpc) is 2.72. The minimum Gasteiger partial charge on any atom is -0.376 e. The molecule has 76 valence electrons. The van der Waals surface area contributed by atoms with Crippen LogP contribution in [0.3, 0.4) is 0 Å². The predicted octanol–water partition coefficient (Wildman–Crippen LogP) is 2.22. The van der Waals surface area contributed by atoms with Gasteiger partial charge in [-0.25, -0.2) is 0 Å². The molecule has 0 aromatic heterocycles. The van der Waals surface area contributed by atoms with Gasteiger partial charge in [-0.2, -0.15) is 0 Å². The maximum atomic E-state index is 6.21. The van der Waals surface area contributed by atoms with E-state index in [4.69, 9.17) is 10.5 Å². The molecule has 2 rings (SSSR count). The van der Waals surface area contributed by atoms with E-state index in [1.807, 2.05) is 0 Å². The monoisotopic (exact) mass is 183 g/mol. The van der Waals surface area contributed by atoms with Gasteiger partial charge in [-0.3, -0.25) is 0 Å². The Morgan fingerprint density at radius 2 is 1.69 bits per heavy atom. The van der Waals surface area contributed by atoms with Crippen LogP contribution in [0.4, 0.5) is 0 Å². The van der Waals surface area contributed by atoms with Crippen molar-refractivity contribution in [2.75, 3.05) is 6.61 Å². The molecule has 0 heterocycles. The lowest BCUT2D eigenvalue weighted by Crippen LogP contribution is -2.42. The Bertz CT molecular complexity index is 157. The molecule has 2 heteroatoms. The standard InChI is InChI=1S/C11H21NO/c12-11(7-3-4-8-11)9-13-10-5-1-2-6-10/h10H,1-9,12H2. The molecule has 2 N–H and O–H groups in total. The predicted molar refractivity (Wildman–Crippen MR) is 53.6 cm³/mol. The highest BCUT2D eigenvalue weighted by Crippen LogP contribution is 2.29. The fourth-order valence-electron chi connectivity index (χ4n) is 2.56. The van der Waals surface area contributed by atoms with Crippen molar-refractivity contribution in [3.8, 4) is 0 Å². The molecule has 0 saturated heterocycles. The summed E-state index contributed by atoms with van der Waals surface area (Å²) in [6.07, 6.45) is 10.7. The Labute approximate surface area is 80.8 Å². The van der Waals surface area contributed by atoms with E-state index in [0.717, 1.165) is 6.61 Å². The van der Waals surface area contributed by atoms with Crippen molar-refractivity contribution < 1.29 is 4.74 Å². The van der Waals surface area contributed by atoms with E-state index in [1.165, 1.54) is 51.4 Å². The molecule has 0 atom stereocenters. The van der Waals surface area contributed by atoms with Crippen molar-refractivity contribution in [1.82, 2.24) is 0 Å². The third kappa shape index (κ3) is 2.44. The fourth-order valence-corrected chi connectivity index (χ4v) is 2.56. The highest BCUT2D eigenvalue weighted by atomic mass is 16.5. The molecular formula is C11H21NO. The third-order valence-corrected chi connectivity index (χ3v) is 3.51. The Balaban J connectivity index is 1.71. The molecule has 0 radical (unpaired) electrons. The van der Waals surface area contributed by atoms with Crippen LogP contribution in [0, 0.1) is 0 Å². The normalized spacial score (nSPS) is 28.4. The van der Waals surface area contributed by atoms with Crippen LogP contribution < -0.4 is 5.73 Å². The molecule has 13 heavy (non-hydrogen) atoms. The topological polar surface area (TPSA) is 35.2 Å². The van der Waals surface area contributed by atoms with E-state index >= 15 is 0 Å². The fraction of sp³-hybridized carbons (Fsp3) is 1.00. The van der Waals surface area contributed by atoms with Crippen LogP contribution >= 0.6 is 0 Å². The van der Waals surface area contributed by atoms with Crippen molar-refractivity contribution in [3.63, 3.8) is 0 Å². The number of hydrogen-bond acceptors (Lipinski definition) is 2. The zero-order chi connectivity index (χ0) is 9.15. The summed E-state index contributed by atoms with van der Waals surface area (Å²) in [5, 5.41) is 0. The number of nitrogens with two attached hydrogens (primary N) is 1. The van der Waals surface area contributed by atoms with Gasteiger partial charge in [-0.1, -0.05) is 25.7 Å². The number of ether oxygens (including phenoxy) is 1. The molecule has 0 aromatic rings. The van der Waals surface area contributed by atoms with Crippen molar-refractivity contribution in [2.45, 2.75) is 63.0 Å². The van der Waals surface area contributed by atoms with Crippen molar-refractivity contribution in [1.29, 1.82) is 0 Å². The van der Waals surface area contributed by atoms with Gasteiger partial charge in [0.1, 0.15) is 0 Å². The lowest BCUT2D eigenvalue weighted by Gasteiger charge is -2.25. The first-order valence-electron chi connectivity index (χ1n) is 5.69. The first-order valence-corrected chi connectivity index (χ1v) is 5.69. The molecule has 2 nitrogen and oxygen atoms in total. The Morgan fingerprint density at radius 1 is 1.08 bits per heavy atom. The number of hydrogen-bond donors (Lipinski definition) is 1. The summed E-state index contributed by atoms with van der Waals surface area (Å²) in [5.74, 6) is 0. The van der Waals surface area contributed by atoms with Crippen LogP contribution in [-0.2, 0) is 4.74 Å². The first-order chi connectivity index (χ1) is 6.29. The molecule has 2 aliphatic carbocycles. The van der Waals surface area contributed by atoms with Crippen LogP contribution in [0.1, 0.15) is 51.4 Å². The highest BCUT2D eigenvalue weighted by Gasteiger charge is 2.30. The smallest absolute Gasteiger partial charge is 0.0649 e. The second-order valence-corrected chi connectivity index (χ2v) is 4.79. The van der Waals surface area contributed by atoms with Gasteiger partial charge in [0, 0.05) is 5.54 Å². The van der Waals surface area contributed by atoms with E-state index in [9.17, 15) is 0 Å².